The summed E-state index contributed by atoms with van der Waals surface area (Å²) in [6.07, 6.45) is -0.180. The molecular weight excluding hydrogens is 172 g/mol. The van der Waals surface area contributed by atoms with Gasteiger partial charge in [-0.2, -0.15) is 0 Å². The van der Waals surface area contributed by atoms with Crippen LogP contribution in [0.15, 0.2) is 0 Å². The van der Waals surface area contributed by atoms with E-state index in [2.05, 4.69) is 10.6 Å². The van der Waals surface area contributed by atoms with E-state index in [9.17, 15) is 4.79 Å². The first-order valence-electron chi connectivity index (χ1n) is 4.36. The van der Waals surface area contributed by atoms with Crippen molar-refractivity contribution < 1.29 is 14.6 Å². The summed E-state index contributed by atoms with van der Waals surface area (Å²) in [7, 11) is 1.65. The molecule has 5 heteroatoms. The third-order valence-corrected chi connectivity index (χ3v) is 1.61. The number of ether oxygens (including phenoxy) is 1. The van der Waals surface area contributed by atoms with Gasteiger partial charge in [0.15, 0.2) is 0 Å². The molecule has 3 N–H and O–H groups in total. The lowest BCUT2D eigenvalue weighted by molar-refractivity contribution is 0.189. The second kappa shape index (κ2) is 7.82. The van der Waals surface area contributed by atoms with Gasteiger partial charge >= 0.3 is 6.09 Å². The van der Waals surface area contributed by atoms with Gasteiger partial charge < -0.3 is 20.5 Å². The zero-order valence-corrected chi connectivity index (χ0v) is 8.17. The number of carbonyl (C=O) groups is 1. The van der Waals surface area contributed by atoms with Crippen molar-refractivity contribution in [3.63, 3.8) is 0 Å². The third kappa shape index (κ3) is 9.10. The van der Waals surface area contributed by atoms with Gasteiger partial charge in [0, 0.05) is 19.7 Å². The summed E-state index contributed by atoms with van der Waals surface area (Å²) in [5.41, 5.74) is 0. The minimum absolute atomic E-state index is 0.00690. The molecule has 78 valence electrons. The predicted octanol–water partition coefficient (Wildman–Crippen LogP) is 0.269. The van der Waals surface area contributed by atoms with E-state index >= 15 is 0 Å². The van der Waals surface area contributed by atoms with Crippen LogP contribution in [0.5, 0.6) is 0 Å². The summed E-state index contributed by atoms with van der Waals surface area (Å²) in [5.74, 6) is 0. The number of hydrogen-bond donors (Lipinski definition) is 3. The molecule has 0 spiro atoms. The highest BCUT2D eigenvalue weighted by atomic mass is 16.5. The first-order valence-corrected chi connectivity index (χ1v) is 4.36. The monoisotopic (exact) mass is 190 g/mol. The zero-order valence-electron chi connectivity index (χ0n) is 8.17. The minimum atomic E-state index is -0.968. The molecule has 0 aromatic heterocycles. The summed E-state index contributed by atoms with van der Waals surface area (Å²) in [6.45, 7) is 4.12. The molecule has 0 bridgehead atoms. The van der Waals surface area contributed by atoms with Crippen molar-refractivity contribution in [2.24, 2.45) is 0 Å². The maximum Gasteiger partial charge on any atom is 0.404 e. The lowest BCUT2D eigenvalue weighted by atomic mass is 10.2. The second-order valence-corrected chi connectivity index (χ2v) is 2.88. The highest BCUT2D eigenvalue weighted by Gasteiger charge is 2.03. The van der Waals surface area contributed by atoms with Gasteiger partial charge in [0.2, 0.25) is 0 Å². The number of methoxy groups -OCH3 is 1. The van der Waals surface area contributed by atoms with Gasteiger partial charge in [-0.15, -0.1) is 0 Å². The van der Waals surface area contributed by atoms with Crippen LogP contribution in [0.25, 0.3) is 0 Å². The Bertz CT molecular complexity index is 141. The molecule has 0 aromatic carbocycles. The number of carboxylic acid groups (broad SMARTS) is 1. The van der Waals surface area contributed by atoms with E-state index in [1.807, 2.05) is 6.92 Å². The SMILES string of the molecule is COCCNCCC(C)NC(=O)O. The van der Waals surface area contributed by atoms with E-state index in [1.54, 1.807) is 7.11 Å². The number of amides is 1. The zero-order chi connectivity index (χ0) is 10.1. The highest BCUT2D eigenvalue weighted by molar-refractivity contribution is 5.64. The molecule has 0 aliphatic carbocycles. The first kappa shape index (κ1) is 12.2. The lowest BCUT2D eigenvalue weighted by Crippen LogP contribution is -2.34. The molecule has 0 fully saturated rings. The van der Waals surface area contributed by atoms with Crippen LogP contribution in [0.4, 0.5) is 4.79 Å². The van der Waals surface area contributed by atoms with Crippen LogP contribution in [0.3, 0.4) is 0 Å². The smallest absolute Gasteiger partial charge is 0.404 e. The Morgan fingerprint density at radius 1 is 1.54 bits per heavy atom. The lowest BCUT2D eigenvalue weighted by Gasteiger charge is -2.11. The molecule has 13 heavy (non-hydrogen) atoms. The van der Waals surface area contributed by atoms with E-state index in [4.69, 9.17) is 9.84 Å². The summed E-state index contributed by atoms with van der Waals surface area (Å²) in [6, 6.07) is -0.00690. The molecule has 5 nitrogen and oxygen atoms in total. The average Bonchev–Trinajstić information content (AvgIpc) is 2.02. The molecule has 1 atom stereocenters. The van der Waals surface area contributed by atoms with E-state index < -0.39 is 6.09 Å². The molecule has 0 radical (unpaired) electrons. The van der Waals surface area contributed by atoms with Gasteiger partial charge in [-0.1, -0.05) is 0 Å². The van der Waals surface area contributed by atoms with Crippen molar-refractivity contribution in [2.45, 2.75) is 19.4 Å². The van der Waals surface area contributed by atoms with Crippen LogP contribution < -0.4 is 10.6 Å². The third-order valence-electron chi connectivity index (χ3n) is 1.61. The summed E-state index contributed by atoms with van der Waals surface area (Å²) < 4.78 is 4.84. The maximum absolute atomic E-state index is 10.2. The van der Waals surface area contributed by atoms with Gasteiger partial charge in [0.1, 0.15) is 0 Å². The van der Waals surface area contributed by atoms with Gasteiger partial charge in [-0.05, 0) is 19.9 Å². The standard InChI is InChI=1S/C8H18N2O3/c1-7(10-8(11)12)3-4-9-5-6-13-2/h7,9-10H,3-6H2,1-2H3,(H,11,12). The highest BCUT2D eigenvalue weighted by Crippen LogP contribution is 1.87. The molecule has 0 saturated heterocycles. The van der Waals surface area contributed by atoms with Crippen LogP contribution in [-0.4, -0.2) is 44.0 Å². The Kier molecular flexibility index (Phi) is 7.33. The number of nitrogens with one attached hydrogen (secondary N) is 2. The van der Waals surface area contributed by atoms with E-state index in [0.29, 0.717) is 6.61 Å². The van der Waals surface area contributed by atoms with Crippen molar-refractivity contribution >= 4 is 6.09 Å². The summed E-state index contributed by atoms with van der Waals surface area (Å²) in [5, 5.41) is 13.9. The topological polar surface area (TPSA) is 70.6 Å². The van der Waals surface area contributed by atoms with Crippen LogP contribution in [0.1, 0.15) is 13.3 Å². The number of hydrogen-bond acceptors (Lipinski definition) is 3. The fourth-order valence-electron chi connectivity index (χ4n) is 0.901. The molecular formula is C8H18N2O3. The average molecular weight is 190 g/mol. The van der Waals surface area contributed by atoms with Gasteiger partial charge in [-0.3, -0.25) is 0 Å². The van der Waals surface area contributed by atoms with E-state index in [0.717, 1.165) is 19.5 Å². The maximum atomic E-state index is 10.2. The summed E-state index contributed by atoms with van der Waals surface area (Å²) in [4.78, 5) is 10.2. The fraction of sp³-hybridized carbons (Fsp3) is 0.875. The van der Waals surface area contributed by atoms with Gasteiger partial charge in [0.25, 0.3) is 0 Å². The van der Waals surface area contributed by atoms with Crippen molar-refractivity contribution in [2.75, 3.05) is 26.8 Å². The Labute approximate surface area is 78.5 Å². The quantitative estimate of drug-likeness (QED) is 0.504. The van der Waals surface area contributed by atoms with Crippen molar-refractivity contribution in [1.29, 1.82) is 0 Å². The molecule has 0 heterocycles. The minimum Gasteiger partial charge on any atom is -0.465 e. The van der Waals surface area contributed by atoms with Crippen LogP contribution in [-0.2, 0) is 4.74 Å². The molecule has 0 aliphatic rings. The normalized spacial score (nSPS) is 12.5. The number of rotatable bonds is 7. The van der Waals surface area contributed by atoms with Crippen LogP contribution in [0.2, 0.25) is 0 Å². The molecule has 0 aromatic rings. The Balaban J connectivity index is 3.17. The second-order valence-electron chi connectivity index (χ2n) is 2.88. The predicted molar refractivity (Wildman–Crippen MR) is 50.0 cm³/mol. The van der Waals surface area contributed by atoms with Crippen LogP contribution >= 0.6 is 0 Å². The van der Waals surface area contributed by atoms with Gasteiger partial charge in [-0.25, -0.2) is 4.79 Å². The van der Waals surface area contributed by atoms with E-state index in [1.165, 1.54) is 0 Å². The Morgan fingerprint density at radius 2 is 2.23 bits per heavy atom. The molecule has 0 saturated carbocycles. The summed E-state index contributed by atoms with van der Waals surface area (Å²) >= 11 is 0. The largest absolute Gasteiger partial charge is 0.465 e. The molecule has 0 rings (SSSR count). The Hall–Kier alpha value is -0.810. The Morgan fingerprint density at radius 3 is 2.77 bits per heavy atom. The van der Waals surface area contributed by atoms with Crippen molar-refractivity contribution in [3.05, 3.63) is 0 Å². The van der Waals surface area contributed by atoms with Crippen molar-refractivity contribution in [1.82, 2.24) is 10.6 Å². The van der Waals surface area contributed by atoms with Crippen LogP contribution in [0, 0.1) is 0 Å². The fourth-order valence-corrected chi connectivity index (χ4v) is 0.901. The van der Waals surface area contributed by atoms with Gasteiger partial charge in [0.05, 0.1) is 6.61 Å². The molecule has 1 amide bonds. The molecule has 0 aliphatic heterocycles. The van der Waals surface area contributed by atoms with E-state index in [-0.39, 0.29) is 6.04 Å². The van der Waals surface area contributed by atoms with Crippen molar-refractivity contribution in [3.8, 4) is 0 Å². The first-order chi connectivity index (χ1) is 6.16. The molecule has 1 unspecified atom stereocenters.